The van der Waals surface area contributed by atoms with E-state index in [9.17, 15) is 29.1 Å². The third-order valence-electron chi connectivity index (χ3n) is 10.2. The van der Waals surface area contributed by atoms with Crippen molar-refractivity contribution in [2.24, 2.45) is 37.2 Å². The van der Waals surface area contributed by atoms with Gasteiger partial charge in [-0.1, -0.05) is 89.0 Å². The molecule has 46 heavy (non-hydrogen) atoms. The Bertz CT molecular complexity index is 1090. The fourth-order valence-electron chi connectivity index (χ4n) is 8.07. The Morgan fingerprint density at radius 2 is 1.09 bits per heavy atom. The van der Waals surface area contributed by atoms with Crippen LogP contribution in [0.3, 0.4) is 0 Å². The first-order valence-electron chi connectivity index (χ1n) is 17.3. The molecule has 2 aliphatic rings. The van der Waals surface area contributed by atoms with Crippen LogP contribution in [-0.2, 0) is 24.0 Å². The van der Waals surface area contributed by atoms with Crippen LogP contribution in [0, 0.1) is 17.3 Å². The first kappa shape index (κ1) is 38.7. The number of carboxylic acid groups (broad SMARTS) is 1. The van der Waals surface area contributed by atoms with Crippen molar-refractivity contribution in [2.75, 3.05) is 0 Å². The molecule has 0 atom stereocenters. The zero-order chi connectivity index (χ0) is 33.6. The summed E-state index contributed by atoms with van der Waals surface area (Å²) in [6.45, 7) is 2.19. The minimum Gasteiger partial charge on any atom is -0.481 e. The number of carboxylic acids is 1. The third kappa shape index (κ3) is 9.98. The van der Waals surface area contributed by atoms with E-state index in [1.807, 2.05) is 0 Å². The summed E-state index contributed by atoms with van der Waals surface area (Å²) in [5, 5.41) is 9.97. The number of allylic oxidation sites excluding steroid dienone is 4. The van der Waals surface area contributed by atoms with E-state index >= 15 is 0 Å². The van der Waals surface area contributed by atoms with Crippen LogP contribution in [0.25, 0.3) is 0 Å². The number of aliphatic carboxylic acids is 1. The summed E-state index contributed by atoms with van der Waals surface area (Å²) in [5.74, 6) is -2.08. The highest BCUT2D eigenvalue weighted by Gasteiger charge is 2.69. The molecule has 2 fully saturated rings. The zero-order valence-electron chi connectivity index (χ0n) is 27.6. The van der Waals surface area contributed by atoms with E-state index in [0.29, 0.717) is 38.5 Å². The molecular formula is C36H52N4O6. The molecule has 0 bridgehead atoms. The molecular weight excluding hydrogens is 584 g/mol. The van der Waals surface area contributed by atoms with Crippen LogP contribution in [0.2, 0.25) is 0 Å². The van der Waals surface area contributed by atoms with Crippen molar-refractivity contribution in [1.82, 2.24) is 0 Å². The van der Waals surface area contributed by atoms with Gasteiger partial charge in [0.1, 0.15) is 0 Å². The van der Waals surface area contributed by atoms with Gasteiger partial charge in [0.25, 0.3) is 0 Å². The van der Waals surface area contributed by atoms with Gasteiger partial charge >= 0.3 is 5.97 Å². The Morgan fingerprint density at radius 1 is 0.652 bits per heavy atom. The highest BCUT2D eigenvalue weighted by Crippen LogP contribution is 2.62. The van der Waals surface area contributed by atoms with E-state index in [4.69, 9.17) is 0 Å². The van der Waals surface area contributed by atoms with Gasteiger partial charge in [0.05, 0.1) is 5.41 Å². The third-order valence-corrected chi connectivity index (χ3v) is 10.2. The smallest absolute Gasteiger partial charge is 0.303 e. The molecule has 252 valence electrons. The molecule has 0 aromatic carbocycles. The maximum absolute atomic E-state index is 12.3. The molecule has 0 aromatic rings. The summed E-state index contributed by atoms with van der Waals surface area (Å²) in [6, 6.07) is 0. The van der Waals surface area contributed by atoms with Crippen LogP contribution in [0.1, 0.15) is 142 Å². The van der Waals surface area contributed by atoms with E-state index in [1.165, 1.54) is 19.3 Å². The van der Waals surface area contributed by atoms with Crippen LogP contribution in [0.4, 0.5) is 0 Å². The molecule has 0 radical (unpaired) electrons. The van der Waals surface area contributed by atoms with Crippen LogP contribution < -0.4 is 0 Å². The lowest BCUT2D eigenvalue weighted by Crippen LogP contribution is -2.65. The molecule has 1 N–H and O–H groups in total. The summed E-state index contributed by atoms with van der Waals surface area (Å²) < 4.78 is 0. The van der Waals surface area contributed by atoms with Gasteiger partial charge in [-0.05, 0) is 70.6 Å². The summed E-state index contributed by atoms with van der Waals surface area (Å²) in [7, 11) is 0. The average Bonchev–Trinajstić information content (AvgIpc) is 3.07. The quantitative estimate of drug-likeness (QED) is 0.0544. The minimum absolute atomic E-state index is 0.158. The Hall–Kier alpha value is -3.53. The van der Waals surface area contributed by atoms with Gasteiger partial charge in [-0.3, -0.25) is 4.79 Å². The second kappa shape index (κ2) is 21.3. The molecule has 0 unspecified atom stereocenters. The van der Waals surface area contributed by atoms with E-state index in [1.54, 1.807) is 24.3 Å². The Labute approximate surface area is 273 Å². The average molecular weight is 637 g/mol. The fraction of sp³-hybridized carbons (Fsp3) is 0.750. The van der Waals surface area contributed by atoms with Crippen molar-refractivity contribution >= 4 is 30.3 Å². The summed E-state index contributed by atoms with van der Waals surface area (Å²) in [4.78, 5) is 78.5. The van der Waals surface area contributed by atoms with Crippen LogP contribution >= 0.6 is 0 Å². The Kier molecular flexibility index (Phi) is 17.9. The molecule has 0 spiro atoms. The molecule has 0 aliphatic heterocycles. The number of aliphatic imine (C=N–C) groups is 4. The van der Waals surface area contributed by atoms with Gasteiger partial charge in [-0.15, -0.1) is 0 Å². The molecule has 0 amide bonds. The number of carbonyl (C=O) groups excluding carboxylic acids is 4. The lowest BCUT2D eigenvalue weighted by atomic mass is 9.52. The number of isocyanates is 4. The number of hydrogen-bond donors (Lipinski definition) is 1. The zero-order valence-corrected chi connectivity index (χ0v) is 27.6. The van der Waals surface area contributed by atoms with E-state index < -0.39 is 41.0 Å². The van der Waals surface area contributed by atoms with Gasteiger partial charge in [0.2, 0.25) is 24.3 Å². The van der Waals surface area contributed by atoms with E-state index in [-0.39, 0.29) is 12.8 Å². The van der Waals surface area contributed by atoms with Crippen molar-refractivity contribution < 1.29 is 29.1 Å². The molecule has 0 aromatic heterocycles. The van der Waals surface area contributed by atoms with Gasteiger partial charge in [-0.25, -0.2) is 19.2 Å². The summed E-state index contributed by atoms with van der Waals surface area (Å²) in [5.41, 5.74) is -5.39. The number of rotatable bonds is 22. The van der Waals surface area contributed by atoms with Crippen LogP contribution in [0.15, 0.2) is 44.3 Å². The lowest BCUT2D eigenvalue weighted by molar-refractivity contribution is -0.139. The largest absolute Gasteiger partial charge is 0.481 e. The Morgan fingerprint density at radius 3 is 1.48 bits per heavy atom. The molecule has 10 nitrogen and oxygen atoms in total. The monoisotopic (exact) mass is 636 g/mol. The standard InChI is InChI=1S/C36H52N4O6/c1-2-3-4-5-6-7-8-9-10-11-12-19-25-34(26-24-33(45)46,35(37-27-41,38-28-42)31-20-15-13-16-21-31)36(39-29-43,40-30-44)32-22-17-14-18-23-32/h6-7,9-10,31-32H,2-5,8,11-26H2,1H3,(H,45,46)/b7-6-,10-9-. The Balaban J connectivity index is 2.68. The van der Waals surface area contributed by atoms with Crippen molar-refractivity contribution in [2.45, 2.75) is 153 Å². The van der Waals surface area contributed by atoms with Gasteiger partial charge < -0.3 is 5.11 Å². The maximum Gasteiger partial charge on any atom is 0.303 e. The molecule has 2 rings (SSSR count). The van der Waals surface area contributed by atoms with Crippen molar-refractivity contribution in [3.8, 4) is 0 Å². The van der Waals surface area contributed by atoms with Gasteiger partial charge in [0.15, 0.2) is 11.3 Å². The van der Waals surface area contributed by atoms with E-state index in [0.717, 1.165) is 57.8 Å². The number of carbonyl (C=O) groups is 1. The molecule has 0 saturated heterocycles. The topological polar surface area (TPSA) is 155 Å². The number of nitrogens with zero attached hydrogens (tertiary/aromatic N) is 4. The minimum atomic E-state index is -1.89. The number of unbranched alkanes of at least 4 members (excludes halogenated alkanes) is 5. The van der Waals surface area contributed by atoms with Crippen molar-refractivity contribution in [3.63, 3.8) is 0 Å². The number of hydrogen-bond acceptors (Lipinski definition) is 9. The van der Waals surface area contributed by atoms with E-state index in [2.05, 4.69) is 51.2 Å². The molecule has 2 saturated carbocycles. The second-order valence-corrected chi connectivity index (χ2v) is 12.8. The maximum atomic E-state index is 12.3. The van der Waals surface area contributed by atoms with Crippen molar-refractivity contribution in [3.05, 3.63) is 24.3 Å². The predicted molar refractivity (Wildman–Crippen MR) is 176 cm³/mol. The van der Waals surface area contributed by atoms with Crippen LogP contribution in [-0.4, -0.2) is 46.7 Å². The van der Waals surface area contributed by atoms with Gasteiger partial charge in [0, 0.05) is 18.3 Å². The second-order valence-electron chi connectivity index (χ2n) is 12.8. The molecule has 10 heteroatoms. The summed E-state index contributed by atoms with van der Waals surface area (Å²) >= 11 is 0. The molecule has 0 heterocycles. The first-order chi connectivity index (χ1) is 22.4. The van der Waals surface area contributed by atoms with Gasteiger partial charge in [-0.2, -0.15) is 20.0 Å². The highest BCUT2D eigenvalue weighted by molar-refractivity contribution is 5.67. The first-order valence-corrected chi connectivity index (χ1v) is 17.3. The van der Waals surface area contributed by atoms with Crippen LogP contribution in [0.5, 0.6) is 0 Å². The SMILES string of the molecule is CCCCC/C=C\C/C=C\CCCCC(CCC(=O)O)(C(N=C=O)(N=C=O)C1CCCCC1)C(N=C=O)(N=C=O)C1CCCCC1. The van der Waals surface area contributed by atoms with Crippen molar-refractivity contribution in [1.29, 1.82) is 0 Å². The predicted octanol–water partition coefficient (Wildman–Crippen LogP) is 8.38. The lowest BCUT2D eigenvalue weighted by Gasteiger charge is -2.57. The normalized spacial score (nSPS) is 19.8. The fourth-order valence-corrected chi connectivity index (χ4v) is 8.07. The summed E-state index contributed by atoms with van der Waals surface area (Å²) in [6.07, 6.45) is 29.4. The molecule has 2 aliphatic carbocycles. The highest BCUT2D eigenvalue weighted by atomic mass is 16.4.